The lowest BCUT2D eigenvalue weighted by molar-refractivity contribution is -0.118. The molecule has 0 radical (unpaired) electrons. The fourth-order valence-electron chi connectivity index (χ4n) is 0.536. The summed E-state index contributed by atoms with van der Waals surface area (Å²) in [6, 6.07) is -0.184. The van der Waals surface area contributed by atoms with Gasteiger partial charge in [-0.05, 0) is 5.80 Å². The lowest BCUT2D eigenvalue weighted by atomic mass is 10.3. The summed E-state index contributed by atoms with van der Waals surface area (Å²) >= 11 is 0. The van der Waals surface area contributed by atoms with Gasteiger partial charge < -0.3 is 5.73 Å². The first kappa shape index (κ1) is 5.73. The predicted octanol–water partition coefficient (Wildman–Crippen LogP) is -0.851. The molecule has 0 aromatic carbocycles. The van der Waals surface area contributed by atoms with E-state index in [9.17, 15) is 4.79 Å². The highest BCUT2D eigenvalue weighted by Crippen LogP contribution is 2.00. The lowest BCUT2D eigenvalue weighted by Crippen LogP contribution is -2.38. The maximum Gasteiger partial charge on any atom is 0.238 e. The Kier molecular flexibility index (Phi) is 1.61. The van der Waals surface area contributed by atoms with Crippen molar-refractivity contribution in [2.24, 2.45) is 5.73 Å². The molecule has 8 heavy (non-hydrogen) atoms. The van der Waals surface area contributed by atoms with Gasteiger partial charge in [-0.25, -0.2) is 0 Å². The van der Waals surface area contributed by atoms with Gasteiger partial charge in [0.15, 0.2) is 0 Å². The standard InChI is InChI=1S/C4H7N2OP/c5-4(7)3-1-8-2-6-3/h1,3,6H,2H2,(H2,5,7). The Hall–Kier alpha value is -0.400. The summed E-state index contributed by atoms with van der Waals surface area (Å²) in [6.45, 7) is 0. The van der Waals surface area contributed by atoms with Crippen LogP contribution in [-0.2, 0) is 4.79 Å². The van der Waals surface area contributed by atoms with Gasteiger partial charge in [0.1, 0.15) is 6.04 Å². The zero-order valence-corrected chi connectivity index (χ0v) is 5.19. The number of hydrogen-bond acceptors (Lipinski definition) is 2. The van der Waals surface area contributed by atoms with Crippen LogP contribution < -0.4 is 11.1 Å². The SMILES string of the molecule is NC(=O)C1C=PCN1. The van der Waals surface area contributed by atoms with Crippen LogP contribution in [0, 0.1) is 0 Å². The molecule has 0 aliphatic carbocycles. The summed E-state index contributed by atoms with van der Waals surface area (Å²) in [5.41, 5.74) is 4.96. The minimum atomic E-state index is -0.282. The molecule has 0 saturated heterocycles. The molecule has 1 atom stereocenters. The van der Waals surface area contributed by atoms with Gasteiger partial charge >= 0.3 is 0 Å². The van der Waals surface area contributed by atoms with Crippen LogP contribution in [0.15, 0.2) is 0 Å². The molecule has 0 fully saturated rings. The van der Waals surface area contributed by atoms with E-state index in [2.05, 4.69) is 5.32 Å². The molecule has 1 aliphatic rings. The van der Waals surface area contributed by atoms with E-state index in [1.54, 1.807) is 0 Å². The number of rotatable bonds is 1. The van der Waals surface area contributed by atoms with Gasteiger partial charge in [0, 0.05) is 6.29 Å². The van der Waals surface area contributed by atoms with E-state index < -0.39 is 0 Å². The molecule has 0 saturated carbocycles. The Labute approximate surface area is 49.1 Å². The summed E-state index contributed by atoms with van der Waals surface area (Å²) in [4.78, 5) is 10.3. The van der Waals surface area contributed by atoms with Gasteiger partial charge in [0.05, 0.1) is 0 Å². The molecule has 44 valence electrons. The summed E-state index contributed by atoms with van der Waals surface area (Å²) in [5, 5.41) is 2.91. The number of hydrogen-bond donors (Lipinski definition) is 2. The van der Waals surface area contributed by atoms with Gasteiger partial charge in [-0.3, -0.25) is 10.1 Å². The molecule has 3 nitrogen and oxygen atoms in total. The molecule has 0 aromatic heterocycles. The predicted molar refractivity (Wildman–Crippen MR) is 34.0 cm³/mol. The minimum absolute atomic E-state index is 0.184. The van der Waals surface area contributed by atoms with Crippen LogP contribution >= 0.6 is 8.20 Å². The second-order valence-electron chi connectivity index (χ2n) is 1.57. The summed E-state index contributed by atoms with van der Waals surface area (Å²) < 4.78 is 0. The van der Waals surface area contributed by atoms with Crippen LogP contribution in [0.3, 0.4) is 0 Å². The molecular formula is C4H7N2OP. The van der Waals surface area contributed by atoms with Gasteiger partial charge in [-0.2, -0.15) is 0 Å². The quantitative estimate of drug-likeness (QED) is 0.454. The smallest absolute Gasteiger partial charge is 0.238 e. The average molecular weight is 130 g/mol. The van der Waals surface area contributed by atoms with Crippen LogP contribution in [0.5, 0.6) is 0 Å². The first-order valence-corrected chi connectivity index (χ1v) is 3.48. The third kappa shape index (κ3) is 1.05. The third-order valence-electron chi connectivity index (χ3n) is 0.963. The molecule has 3 N–H and O–H groups in total. The Balaban J connectivity index is 2.48. The Morgan fingerprint density at radius 1 is 2.00 bits per heavy atom. The summed E-state index contributed by atoms with van der Waals surface area (Å²) in [6.07, 6.45) is 0.855. The van der Waals surface area contributed by atoms with Gasteiger partial charge in [0.25, 0.3) is 0 Å². The second-order valence-corrected chi connectivity index (χ2v) is 2.55. The van der Waals surface area contributed by atoms with Crippen molar-refractivity contribution < 1.29 is 4.79 Å². The number of primary amides is 1. The van der Waals surface area contributed by atoms with Crippen molar-refractivity contribution in [1.82, 2.24) is 5.32 Å². The van der Waals surface area contributed by atoms with Crippen molar-refractivity contribution in [3.63, 3.8) is 0 Å². The van der Waals surface area contributed by atoms with E-state index in [1.807, 2.05) is 5.80 Å². The van der Waals surface area contributed by atoms with Crippen LogP contribution in [0.2, 0.25) is 0 Å². The molecule has 0 bridgehead atoms. The molecule has 1 amide bonds. The van der Waals surface area contributed by atoms with Crippen LogP contribution in [0.1, 0.15) is 0 Å². The van der Waals surface area contributed by atoms with Crippen molar-refractivity contribution in [2.75, 3.05) is 6.29 Å². The topological polar surface area (TPSA) is 55.1 Å². The van der Waals surface area contributed by atoms with E-state index in [1.165, 1.54) is 0 Å². The van der Waals surface area contributed by atoms with E-state index in [0.29, 0.717) is 0 Å². The number of nitrogens with two attached hydrogens (primary N) is 1. The highest BCUT2D eigenvalue weighted by atomic mass is 31.1. The largest absolute Gasteiger partial charge is 0.368 e. The zero-order valence-electron chi connectivity index (χ0n) is 4.29. The van der Waals surface area contributed by atoms with E-state index in [4.69, 9.17) is 5.73 Å². The normalized spacial score (nSPS) is 28.2. The minimum Gasteiger partial charge on any atom is -0.368 e. The Morgan fingerprint density at radius 3 is 3.00 bits per heavy atom. The van der Waals surface area contributed by atoms with Gasteiger partial charge in [-0.15, -0.1) is 0 Å². The third-order valence-corrected chi connectivity index (χ3v) is 1.84. The molecule has 1 aliphatic heterocycles. The Morgan fingerprint density at radius 2 is 2.75 bits per heavy atom. The van der Waals surface area contributed by atoms with Gasteiger partial charge in [0.2, 0.25) is 5.91 Å². The van der Waals surface area contributed by atoms with Crippen LogP contribution in [0.4, 0.5) is 0 Å². The van der Waals surface area contributed by atoms with Crippen LogP contribution in [0.25, 0.3) is 0 Å². The van der Waals surface area contributed by atoms with Crippen molar-refractivity contribution in [1.29, 1.82) is 0 Å². The summed E-state index contributed by atoms with van der Waals surface area (Å²) in [7, 11) is 1.16. The maximum atomic E-state index is 10.3. The van der Waals surface area contributed by atoms with Crippen molar-refractivity contribution in [3.05, 3.63) is 0 Å². The molecule has 1 rings (SSSR count). The number of amides is 1. The number of carbonyl (C=O) groups is 1. The van der Waals surface area contributed by atoms with Crippen molar-refractivity contribution >= 4 is 19.9 Å². The molecular weight excluding hydrogens is 123 g/mol. The lowest BCUT2D eigenvalue weighted by Gasteiger charge is -1.99. The molecule has 0 aromatic rings. The zero-order chi connectivity index (χ0) is 5.98. The average Bonchev–Trinajstić information content (AvgIpc) is 2.12. The highest BCUT2D eigenvalue weighted by molar-refractivity contribution is 7.39. The van der Waals surface area contributed by atoms with Crippen molar-refractivity contribution in [3.8, 4) is 0 Å². The van der Waals surface area contributed by atoms with E-state index in [0.717, 1.165) is 14.5 Å². The highest BCUT2D eigenvalue weighted by Gasteiger charge is 2.12. The fraction of sp³-hybridized carbons (Fsp3) is 0.500. The second kappa shape index (κ2) is 2.25. The monoisotopic (exact) mass is 130 g/mol. The Bertz CT molecular complexity index is 134. The number of carbonyl (C=O) groups excluding carboxylic acids is 1. The molecule has 1 unspecified atom stereocenters. The van der Waals surface area contributed by atoms with Gasteiger partial charge in [-0.1, -0.05) is 8.20 Å². The first-order valence-electron chi connectivity index (χ1n) is 2.33. The fourth-order valence-corrected chi connectivity index (χ4v) is 1.41. The van der Waals surface area contributed by atoms with E-state index >= 15 is 0 Å². The number of nitrogens with one attached hydrogen (secondary N) is 1. The molecule has 1 heterocycles. The van der Waals surface area contributed by atoms with E-state index in [-0.39, 0.29) is 11.9 Å². The first-order chi connectivity index (χ1) is 3.80. The summed E-state index contributed by atoms with van der Waals surface area (Å²) in [5.74, 6) is 1.58. The molecule has 4 heteroatoms. The van der Waals surface area contributed by atoms with Crippen molar-refractivity contribution in [2.45, 2.75) is 6.04 Å². The molecule has 0 spiro atoms. The maximum absolute atomic E-state index is 10.3. The van der Waals surface area contributed by atoms with Crippen LogP contribution in [-0.4, -0.2) is 24.0 Å².